The highest BCUT2D eigenvalue weighted by Crippen LogP contribution is 2.36. The summed E-state index contributed by atoms with van der Waals surface area (Å²) in [5.74, 6) is -0.884. The number of carboxylic acids is 1. The number of carboxylic acid groups (broad SMARTS) is 1. The van der Waals surface area contributed by atoms with Gasteiger partial charge in [-0.2, -0.15) is 0 Å². The zero-order valence-corrected chi connectivity index (χ0v) is 8.24. The minimum atomic E-state index is -0.921. The molecule has 0 spiro atoms. The number of carbonyl (C=O) groups is 1. The number of aliphatic hydroxyl groups is 1. The Balaban J connectivity index is 2.72. The molecule has 0 saturated heterocycles. The molecule has 0 radical (unpaired) electrons. The summed E-state index contributed by atoms with van der Waals surface area (Å²) in [4.78, 5) is 10.7. The van der Waals surface area contributed by atoms with Crippen LogP contribution in [0.1, 0.15) is 25.7 Å². The summed E-state index contributed by atoms with van der Waals surface area (Å²) in [7, 11) is 0. The topological polar surface area (TPSA) is 57.5 Å². The first-order valence-corrected chi connectivity index (χ1v) is 4.75. The number of halogens is 1. The molecule has 1 rings (SSSR count). The fourth-order valence-corrected chi connectivity index (χ4v) is 2.06. The maximum Gasteiger partial charge on any atom is 0.322 e. The predicted molar refractivity (Wildman–Crippen MR) is 48.9 cm³/mol. The van der Waals surface area contributed by atoms with Crippen LogP contribution in [0.2, 0.25) is 0 Å². The Hall–Kier alpha value is 0.160. The first-order chi connectivity index (χ1) is 5.07. The lowest BCUT2D eigenvalue weighted by Crippen LogP contribution is -2.45. The van der Waals surface area contributed by atoms with Gasteiger partial charge in [-0.15, -0.1) is 0 Å². The minimum absolute atomic E-state index is 0.587. The highest BCUT2D eigenvalue weighted by Gasteiger charge is 2.44. The molecule has 11 heavy (non-hydrogen) atoms. The first-order valence-electron chi connectivity index (χ1n) is 3.68. The molecule has 0 aromatic rings. The van der Waals surface area contributed by atoms with Gasteiger partial charge in [0.05, 0.1) is 6.10 Å². The van der Waals surface area contributed by atoms with E-state index in [0.29, 0.717) is 12.8 Å². The Morgan fingerprint density at radius 3 is 2.55 bits per heavy atom. The van der Waals surface area contributed by atoms with E-state index in [4.69, 9.17) is 5.11 Å². The smallest absolute Gasteiger partial charge is 0.322 e. The van der Waals surface area contributed by atoms with Crippen LogP contribution >= 0.6 is 22.6 Å². The van der Waals surface area contributed by atoms with Crippen molar-refractivity contribution in [2.75, 3.05) is 0 Å². The molecule has 1 aliphatic rings. The van der Waals surface area contributed by atoms with Crippen LogP contribution in [0.4, 0.5) is 0 Å². The molecule has 4 heteroatoms. The second-order valence-electron chi connectivity index (χ2n) is 2.93. The van der Waals surface area contributed by atoms with Crippen molar-refractivity contribution in [3.8, 4) is 0 Å². The Labute approximate surface area is 78.9 Å². The lowest BCUT2D eigenvalue weighted by atomic mass is 9.86. The second kappa shape index (κ2) is 3.26. The Morgan fingerprint density at radius 2 is 2.18 bits per heavy atom. The summed E-state index contributed by atoms with van der Waals surface area (Å²) >= 11 is 1.86. The lowest BCUT2D eigenvalue weighted by Gasteiger charge is -2.32. The van der Waals surface area contributed by atoms with E-state index in [1.165, 1.54) is 0 Å². The van der Waals surface area contributed by atoms with Crippen molar-refractivity contribution >= 4 is 28.6 Å². The fourth-order valence-electron chi connectivity index (χ4n) is 1.36. The summed E-state index contributed by atoms with van der Waals surface area (Å²) < 4.78 is -0.921. The molecule has 0 heterocycles. The predicted octanol–water partition coefficient (Wildman–Crippen LogP) is 1.18. The Morgan fingerprint density at radius 1 is 1.55 bits per heavy atom. The molecule has 3 nitrogen and oxygen atoms in total. The normalized spacial score (nSPS) is 38.5. The summed E-state index contributed by atoms with van der Waals surface area (Å²) in [6.45, 7) is 0. The highest BCUT2D eigenvalue weighted by atomic mass is 127. The van der Waals surface area contributed by atoms with Crippen LogP contribution in [0, 0.1) is 0 Å². The summed E-state index contributed by atoms with van der Waals surface area (Å²) in [6, 6.07) is 0. The van der Waals surface area contributed by atoms with E-state index in [1.807, 2.05) is 22.6 Å². The maximum absolute atomic E-state index is 10.7. The van der Waals surface area contributed by atoms with Crippen molar-refractivity contribution in [1.29, 1.82) is 0 Å². The molecule has 0 bridgehead atoms. The van der Waals surface area contributed by atoms with Crippen LogP contribution in [0.3, 0.4) is 0 Å². The van der Waals surface area contributed by atoms with Gasteiger partial charge in [0, 0.05) is 0 Å². The molecule has 1 saturated carbocycles. The number of aliphatic carboxylic acids is 1. The first kappa shape index (κ1) is 9.25. The molecule has 0 aromatic heterocycles. The third-order valence-electron chi connectivity index (χ3n) is 2.15. The largest absolute Gasteiger partial charge is 0.480 e. The van der Waals surface area contributed by atoms with Crippen LogP contribution in [-0.4, -0.2) is 25.7 Å². The van der Waals surface area contributed by atoms with Crippen LogP contribution in [-0.2, 0) is 4.79 Å². The van der Waals surface area contributed by atoms with Crippen LogP contribution < -0.4 is 0 Å². The van der Waals surface area contributed by atoms with Crippen molar-refractivity contribution in [3.63, 3.8) is 0 Å². The average molecular weight is 270 g/mol. The van der Waals surface area contributed by atoms with Crippen molar-refractivity contribution < 1.29 is 15.0 Å². The monoisotopic (exact) mass is 270 g/mol. The van der Waals surface area contributed by atoms with E-state index in [1.54, 1.807) is 0 Å². The van der Waals surface area contributed by atoms with Gasteiger partial charge in [-0.05, 0) is 12.8 Å². The summed E-state index contributed by atoms with van der Waals surface area (Å²) in [5, 5.41) is 18.2. The molecule has 0 aliphatic heterocycles. The molecule has 0 aromatic carbocycles. The van der Waals surface area contributed by atoms with E-state index in [2.05, 4.69) is 0 Å². The summed E-state index contributed by atoms with van der Waals surface area (Å²) in [6.07, 6.45) is 2.39. The molecule has 2 N–H and O–H groups in total. The molecule has 64 valence electrons. The molecule has 1 aliphatic carbocycles. The number of aliphatic hydroxyl groups excluding tert-OH is 1. The van der Waals surface area contributed by atoms with E-state index in [9.17, 15) is 9.90 Å². The zero-order chi connectivity index (χ0) is 8.48. The van der Waals surface area contributed by atoms with Gasteiger partial charge < -0.3 is 10.2 Å². The number of rotatable bonds is 1. The molecule has 0 unspecified atom stereocenters. The van der Waals surface area contributed by atoms with Gasteiger partial charge in [0.25, 0.3) is 0 Å². The quantitative estimate of drug-likeness (QED) is 0.555. The standard InChI is InChI=1S/C7H11IO3/c8-7(6(10)11)4-2-1-3-5(7)9/h5,9H,1-4H2,(H,10,11)/t5-,7-/m1/s1. The number of alkyl halides is 1. The second-order valence-corrected chi connectivity index (χ2v) is 4.85. The Kier molecular flexibility index (Phi) is 2.74. The van der Waals surface area contributed by atoms with Crippen molar-refractivity contribution in [2.45, 2.75) is 35.2 Å². The maximum atomic E-state index is 10.7. The average Bonchev–Trinajstić information content (AvgIpc) is 1.95. The van der Waals surface area contributed by atoms with Crippen molar-refractivity contribution in [2.24, 2.45) is 0 Å². The molecule has 1 fully saturated rings. The van der Waals surface area contributed by atoms with Gasteiger partial charge >= 0.3 is 5.97 Å². The van der Waals surface area contributed by atoms with E-state index in [-0.39, 0.29) is 0 Å². The van der Waals surface area contributed by atoms with Gasteiger partial charge in [0.1, 0.15) is 3.42 Å². The van der Waals surface area contributed by atoms with Crippen LogP contribution in [0.15, 0.2) is 0 Å². The Bertz CT molecular complexity index is 171. The fraction of sp³-hybridized carbons (Fsp3) is 0.857. The zero-order valence-electron chi connectivity index (χ0n) is 6.09. The summed E-state index contributed by atoms with van der Waals surface area (Å²) in [5.41, 5.74) is 0. The SMILES string of the molecule is O=C(O)[C@@]1(I)CCCC[C@H]1O. The lowest BCUT2D eigenvalue weighted by molar-refractivity contribution is -0.143. The van der Waals surface area contributed by atoms with Gasteiger partial charge in [-0.1, -0.05) is 35.4 Å². The van der Waals surface area contributed by atoms with E-state index < -0.39 is 15.5 Å². The van der Waals surface area contributed by atoms with Gasteiger partial charge in [-0.3, -0.25) is 4.79 Å². The van der Waals surface area contributed by atoms with Gasteiger partial charge in [0.15, 0.2) is 0 Å². The molecular formula is C7H11IO3. The molecule has 2 atom stereocenters. The third kappa shape index (κ3) is 1.66. The van der Waals surface area contributed by atoms with Crippen molar-refractivity contribution in [3.05, 3.63) is 0 Å². The third-order valence-corrected chi connectivity index (χ3v) is 3.87. The number of hydrogen-bond acceptors (Lipinski definition) is 2. The van der Waals surface area contributed by atoms with Crippen LogP contribution in [0.25, 0.3) is 0 Å². The van der Waals surface area contributed by atoms with Crippen LogP contribution in [0.5, 0.6) is 0 Å². The van der Waals surface area contributed by atoms with Gasteiger partial charge in [-0.25, -0.2) is 0 Å². The van der Waals surface area contributed by atoms with Gasteiger partial charge in [0.2, 0.25) is 0 Å². The number of hydrogen-bond donors (Lipinski definition) is 2. The molecular weight excluding hydrogens is 259 g/mol. The van der Waals surface area contributed by atoms with E-state index >= 15 is 0 Å². The van der Waals surface area contributed by atoms with Crippen molar-refractivity contribution in [1.82, 2.24) is 0 Å². The minimum Gasteiger partial charge on any atom is -0.480 e. The molecule has 0 amide bonds. The van der Waals surface area contributed by atoms with E-state index in [0.717, 1.165) is 12.8 Å². The highest BCUT2D eigenvalue weighted by molar-refractivity contribution is 14.1.